The average molecular weight is 681 g/mol. The maximum absolute atomic E-state index is 10.6. The van der Waals surface area contributed by atoms with E-state index in [9.17, 15) is 9.59 Å². The summed E-state index contributed by atoms with van der Waals surface area (Å²) < 4.78 is 9.45. The van der Waals surface area contributed by atoms with E-state index in [1.54, 1.807) is 0 Å². The van der Waals surface area contributed by atoms with E-state index in [0.717, 1.165) is 44.9 Å². The van der Waals surface area contributed by atoms with Crippen molar-refractivity contribution in [3.05, 3.63) is 107 Å². The molecule has 0 radical (unpaired) electrons. The van der Waals surface area contributed by atoms with Crippen molar-refractivity contribution in [2.45, 2.75) is 154 Å². The van der Waals surface area contributed by atoms with Crippen molar-refractivity contribution in [2.24, 2.45) is 0 Å². The van der Waals surface area contributed by atoms with Crippen LogP contribution in [0.15, 0.2) is 107 Å². The fourth-order valence-corrected chi connectivity index (χ4v) is 3.96. The van der Waals surface area contributed by atoms with Crippen LogP contribution in [0.3, 0.4) is 0 Å². The van der Waals surface area contributed by atoms with Crippen molar-refractivity contribution in [1.29, 1.82) is 0 Å². The zero-order chi connectivity index (χ0) is 37.0. The van der Waals surface area contributed by atoms with Crippen molar-refractivity contribution < 1.29 is 19.1 Å². The molecule has 0 saturated heterocycles. The van der Waals surface area contributed by atoms with E-state index in [4.69, 9.17) is 4.74 Å². The third kappa shape index (κ3) is 51.6. The minimum Gasteiger partial charge on any atom is -0.462 e. The molecule has 0 N–H and O–H groups in total. The van der Waals surface area contributed by atoms with E-state index in [-0.39, 0.29) is 19.4 Å². The van der Waals surface area contributed by atoms with Gasteiger partial charge in [-0.05, 0) is 126 Å². The number of ether oxygens (including phenoxy) is 2. The highest BCUT2D eigenvalue weighted by molar-refractivity contribution is 5.66. The SMILES string of the molecule is C.C=CCC=C(C)CC/C=C(\C)CCC=C(C)C.CC(=O)OC/C=C/CC=C(C)CC/C=C(\C)CCC=C(C)C.CC/C=C\COC(C)=O. The van der Waals surface area contributed by atoms with E-state index in [1.165, 1.54) is 73.0 Å². The fourth-order valence-electron chi connectivity index (χ4n) is 3.96. The van der Waals surface area contributed by atoms with Crippen LogP contribution in [0.2, 0.25) is 0 Å². The van der Waals surface area contributed by atoms with Gasteiger partial charge in [0.25, 0.3) is 0 Å². The summed E-state index contributed by atoms with van der Waals surface area (Å²) in [6, 6.07) is 0. The second-order valence-electron chi connectivity index (χ2n) is 12.6. The first kappa shape index (κ1) is 52.4. The van der Waals surface area contributed by atoms with Crippen LogP contribution in [-0.2, 0) is 19.1 Å². The molecule has 0 spiro atoms. The van der Waals surface area contributed by atoms with Crippen LogP contribution >= 0.6 is 0 Å². The topological polar surface area (TPSA) is 52.6 Å². The van der Waals surface area contributed by atoms with E-state index in [0.29, 0.717) is 13.2 Å². The predicted octanol–water partition coefficient (Wildman–Crippen LogP) is 14.0. The summed E-state index contributed by atoms with van der Waals surface area (Å²) in [5.41, 5.74) is 8.68. The number of carbonyl (C=O) groups excluding carboxylic acids is 2. The lowest BCUT2D eigenvalue weighted by Gasteiger charge is -2.01. The van der Waals surface area contributed by atoms with Crippen LogP contribution in [0.4, 0.5) is 0 Å². The van der Waals surface area contributed by atoms with Gasteiger partial charge in [0.15, 0.2) is 0 Å². The lowest BCUT2D eigenvalue weighted by atomic mass is 10.1. The Morgan fingerprint density at radius 1 is 0.490 bits per heavy atom. The first-order chi connectivity index (χ1) is 22.7. The van der Waals surface area contributed by atoms with Gasteiger partial charge in [-0.25, -0.2) is 0 Å². The van der Waals surface area contributed by atoms with Crippen molar-refractivity contribution in [3.8, 4) is 0 Å². The smallest absolute Gasteiger partial charge is 0.302 e. The van der Waals surface area contributed by atoms with Gasteiger partial charge in [0.1, 0.15) is 13.2 Å². The quantitative estimate of drug-likeness (QED) is 0.0894. The van der Waals surface area contributed by atoms with E-state index in [2.05, 4.69) is 103 Å². The predicted molar refractivity (Wildman–Crippen MR) is 219 cm³/mol. The Hall–Kier alpha value is -3.40. The van der Waals surface area contributed by atoms with Gasteiger partial charge in [0.05, 0.1) is 0 Å². The third-order valence-corrected chi connectivity index (χ3v) is 6.82. The number of esters is 2. The fraction of sp³-hybridized carbons (Fsp3) is 0.556. The first-order valence-electron chi connectivity index (χ1n) is 17.8. The number of hydrogen-bond acceptors (Lipinski definition) is 4. The molecule has 4 heteroatoms. The molecule has 0 fully saturated rings. The van der Waals surface area contributed by atoms with Gasteiger partial charge in [-0.1, -0.05) is 115 Å². The Kier molecular flexibility index (Phi) is 41.8. The molecule has 4 nitrogen and oxygen atoms in total. The normalized spacial score (nSPS) is 11.8. The molecule has 0 aromatic heterocycles. The summed E-state index contributed by atoms with van der Waals surface area (Å²) in [5.74, 6) is -0.459. The molecule has 49 heavy (non-hydrogen) atoms. The molecular weight excluding hydrogens is 604 g/mol. The number of allylic oxidation sites excluding steroid dienone is 15. The van der Waals surface area contributed by atoms with Gasteiger partial charge >= 0.3 is 11.9 Å². The second-order valence-corrected chi connectivity index (χ2v) is 12.6. The van der Waals surface area contributed by atoms with Crippen LogP contribution in [0, 0.1) is 0 Å². The molecule has 0 aliphatic rings. The molecule has 0 aromatic rings. The lowest BCUT2D eigenvalue weighted by Crippen LogP contribution is -1.97. The Balaban J connectivity index is -0.000000332. The van der Waals surface area contributed by atoms with Crippen LogP contribution < -0.4 is 0 Å². The molecule has 0 unspecified atom stereocenters. The van der Waals surface area contributed by atoms with Gasteiger partial charge in [0.2, 0.25) is 0 Å². The summed E-state index contributed by atoms with van der Waals surface area (Å²) in [5, 5.41) is 0. The van der Waals surface area contributed by atoms with Gasteiger partial charge in [-0.15, -0.1) is 6.58 Å². The van der Waals surface area contributed by atoms with E-state index in [1.807, 2.05) is 37.3 Å². The Morgan fingerprint density at radius 2 is 0.837 bits per heavy atom. The molecule has 0 amide bonds. The number of hydrogen-bond donors (Lipinski definition) is 0. The zero-order valence-corrected chi connectivity index (χ0v) is 32.9. The van der Waals surface area contributed by atoms with Crippen molar-refractivity contribution >= 4 is 11.9 Å². The first-order valence-corrected chi connectivity index (χ1v) is 17.8. The molecule has 0 aliphatic heterocycles. The molecule has 0 rings (SSSR count). The largest absolute Gasteiger partial charge is 0.462 e. The van der Waals surface area contributed by atoms with Crippen molar-refractivity contribution in [3.63, 3.8) is 0 Å². The summed E-state index contributed by atoms with van der Waals surface area (Å²) in [6.07, 6.45) is 35.6. The van der Waals surface area contributed by atoms with Crippen molar-refractivity contribution in [1.82, 2.24) is 0 Å². The molecule has 0 bridgehead atoms. The summed E-state index contributed by atoms with van der Waals surface area (Å²) in [7, 11) is 0. The standard InChI is InChI=1S/C20H32O2.C17H28.C7H12O2.CH4/c1-17(2)11-9-13-19(4)15-10-14-18(3)12-7-6-8-16-22-20(5)21;1-6-7-11-16(4)13-9-14-17(5)12-8-10-15(2)3;1-3-4-5-6-9-7(2)8;/h6,8,11-12,15H,7,9-10,13-14,16H2,1-5H3;6,10-11,14H,1,7-9,12-13H2,2-5H3;4-5H,3,6H2,1-2H3;1H4/b8-6+,18-12?,19-15+;16-11?,17-14+;5-4-;. The summed E-state index contributed by atoms with van der Waals surface area (Å²) in [6.45, 7) is 26.8. The maximum atomic E-state index is 10.6. The van der Waals surface area contributed by atoms with E-state index >= 15 is 0 Å². The average Bonchev–Trinajstić information content (AvgIpc) is 3.00. The lowest BCUT2D eigenvalue weighted by molar-refractivity contribution is -0.140. The van der Waals surface area contributed by atoms with Crippen LogP contribution in [-0.4, -0.2) is 25.2 Å². The third-order valence-electron chi connectivity index (χ3n) is 6.82. The monoisotopic (exact) mass is 681 g/mol. The Labute approximate surface area is 304 Å². The van der Waals surface area contributed by atoms with Gasteiger partial charge < -0.3 is 9.47 Å². The van der Waals surface area contributed by atoms with Gasteiger partial charge in [-0.3, -0.25) is 9.59 Å². The molecular formula is C45H76O4. The van der Waals surface area contributed by atoms with E-state index < -0.39 is 0 Å². The minimum atomic E-state index is -0.233. The Morgan fingerprint density at radius 3 is 1.18 bits per heavy atom. The van der Waals surface area contributed by atoms with Gasteiger partial charge in [0, 0.05) is 13.8 Å². The molecule has 0 atom stereocenters. The molecule has 0 saturated carbocycles. The molecule has 0 heterocycles. The highest BCUT2D eigenvalue weighted by Crippen LogP contribution is 2.13. The number of carbonyl (C=O) groups is 2. The summed E-state index contributed by atoms with van der Waals surface area (Å²) >= 11 is 0. The minimum absolute atomic E-state index is 0. The molecule has 280 valence electrons. The van der Waals surface area contributed by atoms with Gasteiger partial charge in [-0.2, -0.15) is 0 Å². The molecule has 0 aliphatic carbocycles. The second kappa shape index (κ2) is 39.0. The maximum Gasteiger partial charge on any atom is 0.302 e. The highest BCUT2D eigenvalue weighted by Gasteiger charge is 1.93. The number of rotatable bonds is 21. The highest BCUT2D eigenvalue weighted by atomic mass is 16.5. The molecule has 0 aromatic carbocycles. The summed E-state index contributed by atoms with van der Waals surface area (Å²) in [4.78, 5) is 20.7. The van der Waals surface area contributed by atoms with Crippen LogP contribution in [0.5, 0.6) is 0 Å². The Bertz CT molecular complexity index is 1090. The zero-order valence-electron chi connectivity index (χ0n) is 32.9. The van der Waals surface area contributed by atoms with Crippen LogP contribution in [0.1, 0.15) is 154 Å². The van der Waals surface area contributed by atoms with Crippen LogP contribution in [0.25, 0.3) is 0 Å². The van der Waals surface area contributed by atoms with Crippen molar-refractivity contribution in [2.75, 3.05) is 13.2 Å².